The highest BCUT2D eigenvalue weighted by Crippen LogP contribution is 2.15. The monoisotopic (exact) mass is 293 g/mol. The molecule has 7 nitrogen and oxygen atoms in total. The van der Waals surface area contributed by atoms with Gasteiger partial charge in [-0.3, -0.25) is 0 Å². The van der Waals surface area contributed by atoms with Crippen molar-refractivity contribution in [3.05, 3.63) is 23.7 Å². The van der Waals surface area contributed by atoms with Crippen molar-refractivity contribution in [1.82, 2.24) is 29.6 Å². The fourth-order valence-corrected chi connectivity index (χ4v) is 2.38. The SMILES string of the molecule is CN1CCC(Nc2nc(Cl)nc(-n3cccn3)n2)CC1. The Bertz CT molecular complexity index is 563. The van der Waals surface area contributed by atoms with Crippen LogP contribution in [0.15, 0.2) is 18.5 Å². The molecule has 0 radical (unpaired) electrons. The first-order valence-corrected chi connectivity index (χ1v) is 6.95. The van der Waals surface area contributed by atoms with Gasteiger partial charge in [-0.05, 0) is 50.6 Å². The van der Waals surface area contributed by atoms with Crippen LogP contribution in [0.4, 0.5) is 5.95 Å². The van der Waals surface area contributed by atoms with Gasteiger partial charge in [0.25, 0.3) is 5.95 Å². The third-order valence-corrected chi connectivity index (χ3v) is 3.53. The van der Waals surface area contributed by atoms with Gasteiger partial charge in [-0.2, -0.15) is 20.1 Å². The van der Waals surface area contributed by atoms with Gasteiger partial charge in [0.1, 0.15) is 0 Å². The zero-order chi connectivity index (χ0) is 13.9. The molecule has 3 rings (SSSR count). The van der Waals surface area contributed by atoms with E-state index in [0.717, 1.165) is 25.9 Å². The second-order valence-electron chi connectivity index (χ2n) is 4.90. The lowest BCUT2D eigenvalue weighted by atomic mass is 10.1. The van der Waals surface area contributed by atoms with E-state index in [2.05, 4.69) is 37.3 Å². The summed E-state index contributed by atoms with van der Waals surface area (Å²) in [6.07, 6.45) is 5.57. The Morgan fingerprint density at radius 1 is 1.25 bits per heavy atom. The Morgan fingerprint density at radius 3 is 2.75 bits per heavy atom. The van der Waals surface area contributed by atoms with E-state index in [4.69, 9.17) is 11.6 Å². The van der Waals surface area contributed by atoms with Crippen LogP contribution in [0.1, 0.15) is 12.8 Å². The average Bonchev–Trinajstić information content (AvgIpc) is 2.95. The van der Waals surface area contributed by atoms with E-state index in [1.807, 2.05) is 6.07 Å². The molecule has 0 atom stereocenters. The van der Waals surface area contributed by atoms with Gasteiger partial charge in [0.2, 0.25) is 11.2 Å². The van der Waals surface area contributed by atoms with E-state index < -0.39 is 0 Å². The van der Waals surface area contributed by atoms with Crippen LogP contribution in [0.25, 0.3) is 5.95 Å². The Hall–Kier alpha value is -1.73. The Balaban J connectivity index is 1.76. The molecule has 1 fully saturated rings. The summed E-state index contributed by atoms with van der Waals surface area (Å²) in [5.74, 6) is 0.926. The number of halogens is 1. The van der Waals surface area contributed by atoms with Crippen LogP contribution in [-0.2, 0) is 0 Å². The summed E-state index contributed by atoms with van der Waals surface area (Å²) in [5.41, 5.74) is 0. The molecular formula is C12H16ClN7. The lowest BCUT2D eigenvalue weighted by Gasteiger charge is -2.29. The van der Waals surface area contributed by atoms with Crippen molar-refractivity contribution in [1.29, 1.82) is 0 Å². The molecule has 0 bridgehead atoms. The standard InChI is InChI=1S/C12H16ClN7/c1-19-7-3-9(4-8-19)15-11-16-10(13)17-12(18-11)20-6-2-5-14-20/h2,5-6,9H,3-4,7-8H2,1H3,(H,15,16,17,18). The highest BCUT2D eigenvalue weighted by atomic mass is 35.5. The van der Waals surface area contributed by atoms with Crippen LogP contribution < -0.4 is 5.32 Å². The average molecular weight is 294 g/mol. The van der Waals surface area contributed by atoms with Crippen LogP contribution in [0.3, 0.4) is 0 Å². The highest BCUT2D eigenvalue weighted by molar-refractivity contribution is 6.28. The largest absolute Gasteiger partial charge is 0.351 e. The molecule has 2 aromatic rings. The van der Waals surface area contributed by atoms with Gasteiger partial charge >= 0.3 is 0 Å². The molecule has 20 heavy (non-hydrogen) atoms. The van der Waals surface area contributed by atoms with Gasteiger partial charge in [-0.15, -0.1) is 0 Å². The summed E-state index contributed by atoms with van der Waals surface area (Å²) in [6.45, 7) is 2.14. The highest BCUT2D eigenvalue weighted by Gasteiger charge is 2.18. The van der Waals surface area contributed by atoms with Crippen LogP contribution in [0.5, 0.6) is 0 Å². The number of hydrogen-bond acceptors (Lipinski definition) is 6. The van der Waals surface area contributed by atoms with Gasteiger partial charge in [0.15, 0.2) is 0 Å². The molecule has 0 unspecified atom stereocenters. The third-order valence-electron chi connectivity index (χ3n) is 3.36. The maximum Gasteiger partial charge on any atom is 0.256 e. The number of aromatic nitrogens is 5. The van der Waals surface area contributed by atoms with Crippen LogP contribution in [-0.4, -0.2) is 55.8 Å². The minimum absolute atomic E-state index is 0.168. The van der Waals surface area contributed by atoms with Crippen LogP contribution in [0, 0.1) is 0 Å². The third kappa shape index (κ3) is 3.05. The Kier molecular flexibility index (Phi) is 3.79. The molecule has 0 amide bonds. The summed E-state index contributed by atoms with van der Waals surface area (Å²) in [4.78, 5) is 14.9. The molecule has 3 heterocycles. The number of nitrogens with zero attached hydrogens (tertiary/aromatic N) is 6. The van der Waals surface area contributed by atoms with Crippen molar-refractivity contribution in [2.45, 2.75) is 18.9 Å². The van der Waals surface area contributed by atoms with E-state index in [0.29, 0.717) is 17.9 Å². The number of nitrogens with one attached hydrogen (secondary N) is 1. The van der Waals surface area contributed by atoms with E-state index in [1.54, 1.807) is 17.1 Å². The van der Waals surface area contributed by atoms with Crippen molar-refractivity contribution in [2.75, 3.05) is 25.5 Å². The van der Waals surface area contributed by atoms with Crippen molar-refractivity contribution in [2.24, 2.45) is 0 Å². The lowest BCUT2D eigenvalue weighted by Crippen LogP contribution is -2.37. The maximum absolute atomic E-state index is 5.96. The predicted octanol–water partition coefficient (Wildman–Crippen LogP) is 1.22. The summed E-state index contributed by atoms with van der Waals surface area (Å²) >= 11 is 5.96. The molecule has 106 valence electrons. The molecule has 0 saturated carbocycles. The van der Waals surface area contributed by atoms with Gasteiger partial charge in [-0.1, -0.05) is 0 Å². The fraction of sp³-hybridized carbons (Fsp3) is 0.500. The number of likely N-dealkylation sites (tertiary alicyclic amines) is 1. The van der Waals surface area contributed by atoms with Crippen LogP contribution in [0.2, 0.25) is 5.28 Å². The second-order valence-corrected chi connectivity index (χ2v) is 5.24. The second kappa shape index (κ2) is 5.72. The predicted molar refractivity (Wildman–Crippen MR) is 76.1 cm³/mol. The molecule has 0 aliphatic carbocycles. The van der Waals surface area contributed by atoms with Crippen molar-refractivity contribution in [3.63, 3.8) is 0 Å². The maximum atomic E-state index is 5.96. The number of anilines is 1. The van der Waals surface area contributed by atoms with Gasteiger partial charge in [0.05, 0.1) is 0 Å². The summed E-state index contributed by atoms with van der Waals surface area (Å²) in [6, 6.07) is 2.18. The van der Waals surface area contributed by atoms with E-state index >= 15 is 0 Å². The Labute approximate surface area is 122 Å². The molecule has 8 heteroatoms. The quantitative estimate of drug-likeness (QED) is 0.917. The van der Waals surface area contributed by atoms with Crippen molar-refractivity contribution in [3.8, 4) is 5.95 Å². The first-order chi connectivity index (χ1) is 9.70. The van der Waals surface area contributed by atoms with Crippen molar-refractivity contribution >= 4 is 17.5 Å². The molecule has 0 spiro atoms. The Morgan fingerprint density at radius 2 is 2.05 bits per heavy atom. The molecule has 2 aromatic heterocycles. The number of piperidine rings is 1. The summed E-state index contributed by atoms with van der Waals surface area (Å²) in [7, 11) is 2.13. The molecule has 0 aromatic carbocycles. The number of hydrogen-bond donors (Lipinski definition) is 1. The molecule has 1 aliphatic heterocycles. The topological polar surface area (TPSA) is 71.8 Å². The van der Waals surface area contributed by atoms with E-state index in [-0.39, 0.29) is 5.28 Å². The van der Waals surface area contributed by atoms with Crippen LogP contribution >= 0.6 is 11.6 Å². The number of rotatable bonds is 3. The summed E-state index contributed by atoms with van der Waals surface area (Å²) < 4.78 is 1.56. The minimum Gasteiger partial charge on any atom is -0.351 e. The minimum atomic E-state index is 0.168. The van der Waals surface area contributed by atoms with Gasteiger partial charge in [0, 0.05) is 18.4 Å². The zero-order valence-electron chi connectivity index (χ0n) is 11.2. The molecule has 1 N–H and O–H groups in total. The van der Waals surface area contributed by atoms with Crippen molar-refractivity contribution < 1.29 is 0 Å². The van der Waals surface area contributed by atoms with E-state index in [1.165, 1.54) is 0 Å². The fourth-order valence-electron chi connectivity index (χ4n) is 2.23. The molecular weight excluding hydrogens is 278 g/mol. The van der Waals surface area contributed by atoms with Gasteiger partial charge < -0.3 is 10.2 Å². The first kappa shape index (κ1) is 13.3. The first-order valence-electron chi connectivity index (χ1n) is 6.57. The smallest absolute Gasteiger partial charge is 0.256 e. The molecule has 1 saturated heterocycles. The zero-order valence-corrected chi connectivity index (χ0v) is 12.0. The molecule has 1 aliphatic rings. The lowest BCUT2D eigenvalue weighted by molar-refractivity contribution is 0.263. The van der Waals surface area contributed by atoms with E-state index in [9.17, 15) is 0 Å². The summed E-state index contributed by atoms with van der Waals surface area (Å²) in [5, 5.41) is 7.59. The normalized spacial score (nSPS) is 17.3. The van der Waals surface area contributed by atoms with Gasteiger partial charge in [-0.25, -0.2) is 4.68 Å².